The van der Waals surface area contributed by atoms with E-state index >= 15 is 0 Å². The topological polar surface area (TPSA) is 69.7 Å². The van der Waals surface area contributed by atoms with Gasteiger partial charge in [0, 0.05) is 37.8 Å². The molecule has 1 aromatic rings. The van der Waals surface area contributed by atoms with Gasteiger partial charge in [-0.05, 0) is 31.7 Å². The summed E-state index contributed by atoms with van der Waals surface area (Å²) in [5, 5.41) is 3.11. The van der Waals surface area contributed by atoms with Crippen LogP contribution in [0.4, 0.5) is 0 Å². The molecule has 6 nitrogen and oxygen atoms in total. The van der Waals surface area contributed by atoms with E-state index < -0.39 is 5.92 Å². The van der Waals surface area contributed by atoms with Crippen molar-refractivity contribution in [2.75, 3.05) is 14.1 Å². The fourth-order valence-corrected chi connectivity index (χ4v) is 4.42. The Hall–Kier alpha value is -2.63. The van der Waals surface area contributed by atoms with Gasteiger partial charge in [0.15, 0.2) is 0 Å². The quantitative estimate of drug-likeness (QED) is 0.781. The highest BCUT2D eigenvalue weighted by molar-refractivity contribution is 5.98. The molecule has 162 valence electrons. The molecule has 2 aliphatic rings. The van der Waals surface area contributed by atoms with Crippen LogP contribution < -0.4 is 5.32 Å². The van der Waals surface area contributed by atoms with Gasteiger partial charge in [0.1, 0.15) is 0 Å². The number of benzene rings is 1. The highest BCUT2D eigenvalue weighted by Crippen LogP contribution is 2.32. The molecule has 1 saturated carbocycles. The monoisotopic (exact) mass is 411 g/mol. The van der Waals surface area contributed by atoms with Crippen LogP contribution in [0.2, 0.25) is 0 Å². The molecule has 1 aliphatic carbocycles. The summed E-state index contributed by atoms with van der Waals surface area (Å²) in [6.45, 7) is 2.23. The molecule has 3 rings (SSSR count). The third-order valence-corrected chi connectivity index (χ3v) is 6.16. The zero-order valence-electron chi connectivity index (χ0n) is 18.3. The van der Waals surface area contributed by atoms with E-state index in [0.717, 1.165) is 31.2 Å². The van der Waals surface area contributed by atoms with Crippen molar-refractivity contribution in [2.45, 2.75) is 64.5 Å². The van der Waals surface area contributed by atoms with E-state index in [4.69, 9.17) is 0 Å². The van der Waals surface area contributed by atoms with Crippen molar-refractivity contribution < 1.29 is 14.4 Å². The SMILES string of the molecule is CC1=C(C(=O)N(C)C)CC(CC(=O)NC2CCCCC2)C(=O)N1Cc1ccccc1. The van der Waals surface area contributed by atoms with Crippen molar-refractivity contribution in [3.8, 4) is 0 Å². The van der Waals surface area contributed by atoms with E-state index in [1.54, 1.807) is 19.0 Å². The van der Waals surface area contributed by atoms with Crippen molar-refractivity contribution in [1.29, 1.82) is 0 Å². The van der Waals surface area contributed by atoms with Crippen LogP contribution in [-0.4, -0.2) is 47.7 Å². The van der Waals surface area contributed by atoms with Crippen molar-refractivity contribution in [3.05, 3.63) is 47.2 Å². The van der Waals surface area contributed by atoms with Gasteiger partial charge in [-0.3, -0.25) is 14.4 Å². The number of carbonyl (C=O) groups is 3. The van der Waals surface area contributed by atoms with Gasteiger partial charge in [-0.1, -0.05) is 49.6 Å². The summed E-state index contributed by atoms with van der Waals surface area (Å²) in [4.78, 5) is 42.0. The maximum Gasteiger partial charge on any atom is 0.251 e. The van der Waals surface area contributed by atoms with E-state index in [1.807, 2.05) is 37.3 Å². The number of hydrogen-bond donors (Lipinski definition) is 1. The molecule has 1 atom stereocenters. The predicted octanol–water partition coefficient (Wildman–Crippen LogP) is 3.24. The van der Waals surface area contributed by atoms with Crippen LogP contribution in [0.3, 0.4) is 0 Å². The Balaban J connectivity index is 1.78. The predicted molar refractivity (Wildman–Crippen MR) is 116 cm³/mol. The van der Waals surface area contributed by atoms with Crippen LogP contribution in [0.25, 0.3) is 0 Å². The first-order valence-electron chi connectivity index (χ1n) is 10.9. The molecule has 6 heteroatoms. The standard InChI is InChI=1S/C24H33N3O3/c1-17-21(24(30)26(2)3)14-19(15-22(28)25-20-12-8-5-9-13-20)23(29)27(17)16-18-10-6-4-7-11-18/h4,6-7,10-11,19-20H,5,8-9,12-16H2,1-3H3,(H,25,28). The van der Waals surface area contributed by atoms with Gasteiger partial charge < -0.3 is 15.1 Å². The molecular weight excluding hydrogens is 378 g/mol. The lowest BCUT2D eigenvalue weighted by molar-refractivity contribution is -0.139. The number of allylic oxidation sites excluding steroid dienone is 1. The smallest absolute Gasteiger partial charge is 0.251 e. The fraction of sp³-hybridized carbons (Fsp3) is 0.542. The van der Waals surface area contributed by atoms with Gasteiger partial charge in [-0.2, -0.15) is 0 Å². The first kappa shape index (κ1) is 22.1. The average molecular weight is 412 g/mol. The van der Waals surface area contributed by atoms with Crippen molar-refractivity contribution in [2.24, 2.45) is 5.92 Å². The number of amides is 3. The normalized spacial score (nSPS) is 20.3. The van der Waals surface area contributed by atoms with Crippen LogP contribution in [-0.2, 0) is 20.9 Å². The second-order valence-electron chi connectivity index (χ2n) is 8.68. The van der Waals surface area contributed by atoms with E-state index in [0.29, 0.717) is 24.2 Å². The molecule has 1 aliphatic heterocycles. The van der Waals surface area contributed by atoms with Crippen LogP contribution in [0.1, 0.15) is 57.4 Å². The summed E-state index contributed by atoms with van der Waals surface area (Å²) in [6, 6.07) is 9.95. The van der Waals surface area contributed by atoms with Crippen LogP contribution in [0.5, 0.6) is 0 Å². The maximum atomic E-state index is 13.3. The Morgan fingerprint density at radius 3 is 2.40 bits per heavy atom. The number of carbonyl (C=O) groups excluding carboxylic acids is 3. The van der Waals surface area contributed by atoms with Crippen molar-refractivity contribution >= 4 is 17.7 Å². The molecule has 0 aromatic heterocycles. The highest BCUT2D eigenvalue weighted by atomic mass is 16.2. The lowest BCUT2D eigenvalue weighted by atomic mass is 9.87. The summed E-state index contributed by atoms with van der Waals surface area (Å²) < 4.78 is 0. The summed E-state index contributed by atoms with van der Waals surface area (Å²) in [7, 11) is 3.43. The minimum absolute atomic E-state index is 0.0783. The minimum atomic E-state index is -0.514. The van der Waals surface area contributed by atoms with Gasteiger partial charge >= 0.3 is 0 Å². The molecule has 0 radical (unpaired) electrons. The molecule has 30 heavy (non-hydrogen) atoms. The largest absolute Gasteiger partial charge is 0.353 e. The van der Waals surface area contributed by atoms with E-state index in [9.17, 15) is 14.4 Å². The fourth-order valence-electron chi connectivity index (χ4n) is 4.42. The Labute approximate surface area is 179 Å². The number of hydrogen-bond acceptors (Lipinski definition) is 3. The Morgan fingerprint density at radius 2 is 1.77 bits per heavy atom. The molecule has 0 saturated heterocycles. The minimum Gasteiger partial charge on any atom is -0.353 e. The molecule has 1 aromatic carbocycles. The highest BCUT2D eigenvalue weighted by Gasteiger charge is 2.37. The Bertz CT molecular complexity index is 810. The van der Waals surface area contributed by atoms with E-state index in [2.05, 4.69) is 5.32 Å². The molecule has 1 unspecified atom stereocenters. The molecular formula is C24H33N3O3. The second-order valence-corrected chi connectivity index (χ2v) is 8.68. The van der Waals surface area contributed by atoms with Gasteiger partial charge in [-0.25, -0.2) is 0 Å². The van der Waals surface area contributed by atoms with Crippen molar-refractivity contribution in [3.63, 3.8) is 0 Å². The van der Waals surface area contributed by atoms with Crippen molar-refractivity contribution in [1.82, 2.24) is 15.1 Å². The third kappa shape index (κ3) is 5.29. The molecule has 0 spiro atoms. The first-order chi connectivity index (χ1) is 14.4. The number of rotatable bonds is 6. The second kappa shape index (κ2) is 9.92. The maximum absolute atomic E-state index is 13.3. The van der Waals surface area contributed by atoms with Gasteiger partial charge in [0.25, 0.3) is 5.91 Å². The zero-order chi connectivity index (χ0) is 21.7. The summed E-state index contributed by atoms with van der Waals surface area (Å²) in [6.07, 6.45) is 5.95. The first-order valence-corrected chi connectivity index (χ1v) is 10.9. The van der Waals surface area contributed by atoms with Gasteiger partial charge in [0.05, 0.1) is 12.5 Å². The summed E-state index contributed by atoms with van der Waals surface area (Å²) in [5.74, 6) is -0.780. The number of nitrogens with one attached hydrogen (secondary N) is 1. The lowest BCUT2D eigenvalue weighted by Crippen LogP contribution is -2.44. The molecule has 1 N–H and O–H groups in total. The number of nitrogens with zero attached hydrogens (tertiary/aromatic N) is 2. The Morgan fingerprint density at radius 1 is 1.10 bits per heavy atom. The van der Waals surface area contributed by atoms with Crippen LogP contribution in [0.15, 0.2) is 41.6 Å². The zero-order valence-corrected chi connectivity index (χ0v) is 18.3. The van der Waals surface area contributed by atoms with Crippen LogP contribution in [0, 0.1) is 5.92 Å². The average Bonchev–Trinajstić information content (AvgIpc) is 2.74. The Kier molecular flexibility index (Phi) is 7.29. The summed E-state index contributed by atoms with van der Waals surface area (Å²) in [5.41, 5.74) is 2.30. The molecule has 1 heterocycles. The van der Waals surface area contributed by atoms with Gasteiger partial charge in [-0.15, -0.1) is 0 Å². The van der Waals surface area contributed by atoms with Gasteiger partial charge in [0.2, 0.25) is 11.8 Å². The van der Waals surface area contributed by atoms with E-state index in [-0.39, 0.29) is 30.2 Å². The van der Waals surface area contributed by atoms with E-state index in [1.165, 1.54) is 11.3 Å². The molecule has 3 amide bonds. The third-order valence-electron chi connectivity index (χ3n) is 6.16. The summed E-state index contributed by atoms with van der Waals surface area (Å²) >= 11 is 0. The number of likely N-dealkylation sites (N-methyl/N-ethyl adjacent to an activating group) is 1. The molecule has 0 bridgehead atoms. The molecule has 1 fully saturated rings. The lowest BCUT2D eigenvalue weighted by Gasteiger charge is -2.35. The van der Waals surface area contributed by atoms with Crippen LogP contribution >= 0.6 is 0 Å².